The number of nitrogens with one attached hydrogen (secondary N) is 3. The first kappa shape index (κ1) is 31.8. The van der Waals surface area contributed by atoms with Gasteiger partial charge in [0.2, 0.25) is 15.9 Å². The molecule has 4 rings (SSSR count). The van der Waals surface area contributed by atoms with Gasteiger partial charge in [0.25, 0.3) is 5.91 Å². The molecule has 1 aromatic heterocycles. The Morgan fingerprint density at radius 3 is 2.57 bits per heavy atom. The van der Waals surface area contributed by atoms with Crippen LogP contribution in [-0.2, 0) is 32.4 Å². The van der Waals surface area contributed by atoms with Crippen molar-refractivity contribution in [2.75, 3.05) is 18.9 Å². The van der Waals surface area contributed by atoms with Crippen LogP contribution in [0.4, 0.5) is 0 Å². The number of fused-ring (bicyclic) bond motifs is 1. The quantitative estimate of drug-likeness (QED) is 0.166. The van der Waals surface area contributed by atoms with E-state index in [1.54, 1.807) is 24.3 Å². The van der Waals surface area contributed by atoms with E-state index in [1.807, 2.05) is 50.3 Å². The third-order valence-electron chi connectivity index (χ3n) is 7.48. The minimum atomic E-state index is -3.93. The van der Waals surface area contributed by atoms with Gasteiger partial charge < -0.3 is 15.0 Å². The zero-order valence-electron chi connectivity index (χ0n) is 23.8. The number of carbonyl (C=O) groups excluding carboxylic acids is 2. The number of hydrogen-bond donors (Lipinski definition) is 3. The predicted octanol–water partition coefficient (Wildman–Crippen LogP) is 5.78. The molecule has 8 nitrogen and oxygen atoms in total. The van der Waals surface area contributed by atoms with E-state index < -0.39 is 32.5 Å². The van der Waals surface area contributed by atoms with Crippen LogP contribution in [0.25, 0.3) is 10.9 Å². The summed E-state index contributed by atoms with van der Waals surface area (Å²) in [6.07, 6.45) is 5.17. The number of amides is 2. The predicted molar refractivity (Wildman–Crippen MR) is 170 cm³/mol. The van der Waals surface area contributed by atoms with E-state index in [-0.39, 0.29) is 18.9 Å². The summed E-state index contributed by atoms with van der Waals surface area (Å²) in [4.78, 5) is 28.1. The molecule has 3 aromatic rings. The molecule has 1 heterocycles. The number of carbonyl (C=O) groups is 2. The van der Waals surface area contributed by atoms with Gasteiger partial charge in [-0.1, -0.05) is 53.2 Å². The minimum absolute atomic E-state index is 0.0701. The number of rotatable bonds is 12. The molecule has 1 aliphatic rings. The summed E-state index contributed by atoms with van der Waals surface area (Å²) < 4.78 is 33.9. The molecule has 42 heavy (non-hydrogen) atoms. The molecule has 0 saturated carbocycles. The molecular weight excluding hydrogens is 642 g/mol. The number of benzene rings is 2. The van der Waals surface area contributed by atoms with E-state index in [2.05, 4.69) is 37.9 Å². The number of H-pyrrole nitrogens is 1. The molecule has 2 amide bonds. The second-order valence-corrected chi connectivity index (χ2v) is 14.2. The molecule has 2 atom stereocenters. The van der Waals surface area contributed by atoms with E-state index in [0.717, 1.165) is 32.3 Å². The molecule has 224 valence electrons. The number of aryl methyl sites for hydroxylation is 1. The van der Waals surface area contributed by atoms with Gasteiger partial charge in [-0.3, -0.25) is 14.3 Å². The lowest BCUT2D eigenvalue weighted by Gasteiger charge is -2.32. The van der Waals surface area contributed by atoms with Crippen molar-refractivity contribution in [2.45, 2.75) is 44.9 Å². The van der Waals surface area contributed by atoms with Crippen LogP contribution in [0.5, 0.6) is 0 Å². The van der Waals surface area contributed by atoms with Crippen molar-refractivity contribution >= 4 is 60.3 Å². The molecule has 2 aromatic carbocycles. The van der Waals surface area contributed by atoms with Crippen LogP contribution in [0.15, 0.2) is 76.5 Å². The Hall–Kier alpha value is -3.08. The zero-order chi connectivity index (χ0) is 30.5. The number of hydrogen-bond acceptors (Lipinski definition) is 5. The first-order chi connectivity index (χ1) is 19.9. The first-order valence-corrected chi connectivity index (χ1v) is 16.6. The maximum Gasteiger partial charge on any atom is 0.268 e. The number of ether oxygens (including phenoxy) is 1. The zero-order valence-corrected chi connectivity index (χ0v) is 27.0. The van der Waals surface area contributed by atoms with Gasteiger partial charge in [0.05, 0.1) is 23.7 Å². The number of halogens is 2. The van der Waals surface area contributed by atoms with Gasteiger partial charge in [0.15, 0.2) is 0 Å². The van der Waals surface area contributed by atoms with Crippen LogP contribution in [0.2, 0.25) is 0 Å². The Bertz CT molecular complexity index is 1630. The Morgan fingerprint density at radius 2 is 1.86 bits per heavy atom. The molecule has 1 aliphatic carbocycles. The third-order valence-corrected chi connectivity index (χ3v) is 9.93. The molecule has 0 bridgehead atoms. The summed E-state index contributed by atoms with van der Waals surface area (Å²) in [5.74, 6) is -0.561. The minimum Gasteiger partial charge on any atom is -0.494 e. The maximum atomic E-state index is 13.1. The Morgan fingerprint density at radius 1 is 1.14 bits per heavy atom. The van der Waals surface area contributed by atoms with Crippen molar-refractivity contribution < 1.29 is 22.7 Å². The lowest BCUT2D eigenvalue weighted by molar-refractivity contribution is -0.118. The molecule has 0 aliphatic heterocycles. The molecule has 0 fully saturated rings. The number of aromatic nitrogens is 1. The van der Waals surface area contributed by atoms with Crippen molar-refractivity contribution in [3.05, 3.63) is 93.3 Å². The molecule has 2 unspecified atom stereocenters. The molecule has 0 radical (unpaired) electrons. The highest BCUT2D eigenvalue weighted by Crippen LogP contribution is 2.38. The van der Waals surface area contributed by atoms with Crippen molar-refractivity contribution in [2.24, 2.45) is 5.92 Å². The summed E-state index contributed by atoms with van der Waals surface area (Å²) in [5, 5.41) is 3.60. The van der Waals surface area contributed by atoms with Gasteiger partial charge in [-0.25, -0.2) is 8.42 Å². The fourth-order valence-corrected chi connectivity index (χ4v) is 6.06. The van der Waals surface area contributed by atoms with Crippen LogP contribution >= 0.6 is 27.5 Å². The normalized spacial score (nSPS) is 18.7. The second-order valence-electron chi connectivity index (χ2n) is 10.6. The fourth-order valence-electron chi connectivity index (χ4n) is 4.78. The van der Waals surface area contributed by atoms with Gasteiger partial charge in [-0.15, -0.1) is 11.6 Å². The van der Waals surface area contributed by atoms with E-state index in [4.69, 9.17) is 16.3 Å². The van der Waals surface area contributed by atoms with E-state index in [1.165, 1.54) is 0 Å². The van der Waals surface area contributed by atoms with Crippen LogP contribution in [0.1, 0.15) is 48.8 Å². The van der Waals surface area contributed by atoms with Crippen LogP contribution in [0, 0.1) is 5.92 Å². The van der Waals surface area contributed by atoms with Gasteiger partial charge in [-0.2, -0.15) is 0 Å². The van der Waals surface area contributed by atoms with Crippen molar-refractivity contribution in [3.8, 4) is 0 Å². The lowest BCUT2D eigenvalue weighted by Crippen LogP contribution is -2.38. The Kier molecular flexibility index (Phi) is 10.2. The molecule has 3 N–H and O–H groups in total. The van der Waals surface area contributed by atoms with Gasteiger partial charge >= 0.3 is 0 Å². The SMILES string of the molecule is CC1=CC(OCCCc2c(C(=O)NCCS(=O)(=O)NC(=O)Cc3ccc(Br)cc3)[nH]c3ccccc23)=CC(C)C1(C)Cl. The third kappa shape index (κ3) is 8.05. The number of para-hydroxylation sites is 1. The second kappa shape index (κ2) is 13.5. The largest absolute Gasteiger partial charge is 0.494 e. The number of alkyl halides is 1. The Labute approximate surface area is 260 Å². The molecule has 11 heteroatoms. The van der Waals surface area contributed by atoms with Crippen molar-refractivity contribution in [1.82, 2.24) is 15.0 Å². The molecule has 0 saturated heterocycles. The highest BCUT2D eigenvalue weighted by atomic mass is 79.9. The van der Waals surface area contributed by atoms with E-state index in [9.17, 15) is 18.0 Å². The topological polar surface area (TPSA) is 117 Å². The average molecular weight is 677 g/mol. The highest BCUT2D eigenvalue weighted by molar-refractivity contribution is 9.10. The van der Waals surface area contributed by atoms with Crippen LogP contribution in [-0.4, -0.2) is 49.0 Å². The summed E-state index contributed by atoms with van der Waals surface area (Å²) in [6.45, 7) is 6.36. The number of aromatic amines is 1. The summed E-state index contributed by atoms with van der Waals surface area (Å²) in [5.41, 5.74) is 3.77. The van der Waals surface area contributed by atoms with Crippen LogP contribution < -0.4 is 10.0 Å². The van der Waals surface area contributed by atoms with E-state index >= 15 is 0 Å². The highest BCUT2D eigenvalue weighted by Gasteiger charge is 2.32. The summed E-state index contributed by atoms with van der Waals surface area (Å²) in [6, 6.07) is 14.7. The molecule has 0 spiro atoms. The van der Waals surface area contributed by atoms with Crippen molar-refractivity contribution in [3.63, 3.8) is 0 Å². The van der Waals surface area contributed by atoms with Crippen molar-refractivity contribution in [1.29, 1.82) is 0 Å². The fraction of sp³-hybridized carbons (Fsp3) is 0.355. The average Bonchev–Trinajstić information content (AvgIpc) is 3.29. The number of allylic oxidation sites excluding steroid dienone is 3. The van der Waals surface area contributed by atoms with Gasteiger partial charge in [0, 0.05) is 27.8 Å². The first-order valence-electron chi connectivity index (χ1n) is 13.7. The summed E-state index contributed by atoms with van der Waals surface area (Å²) in [7, 11) is -3.93. The monoisotopic (exact) mass is 675 g/mol. The smallest absolute Gasteiger partial charge is 0.268 e. The standard InChI is InChI=1S/C31H35BrClN3O5S/c1-20-17-24(18-21(2)31(20,3)33)41-15-6-8-26-25-7-4-5-9-27(25)35-29(26)30(38)34-14-16-42(39,40)36-28(37)19-22-10-12-23(32)13-11-22/h4-5,7,9-13,17-18,20,35H,6,8,14-16,19H2,1-3H3,(H,34,38)(H,36,37). The maximum absolute atomic E-state index is 13.1. The lowest BCUT2D eigenvalue weighted by atomic mass is 9.84. The molecular formula is C31H35BrClN3O5S. The Balaban J connectivity index is 1.32. The summed E-state index contributed by atoms with van der Waals surface area (Å²) >= 11 is 9.95. The van der Waals surface area contributed by atoms with E-state index in [0.29, 0.717) is 30.7 Å². The van der Waals surface area contributed by atoms with Gasteiger partial charge in [0.1, 0.15) is 11.5 Å². The van der Waals surface area contributed by atoms with Crippen LogP contribution in [0.3, 0.4) is 0 Å². The number of sulfonamides is 1. The van der Waals surface area contributed by atoms with Gasteiger partial charge in [-0.05, 0) is 73.7 Å².